The van der Waals surface area contributed by atoms with Crippen molar-refractivity contribution in [2.75, 3.05) is 7.11 Å². The minimum Gasteiger partial charge on any atom is -0.493 e. The maximum Gasteiger partial charge on any atom is 0.372 e. The molecule has 19 heavy (non-hydrogen) atoms. The van der Waals surface area contributed by atoms with Crippen LogP contribution in [0.25, 0.3) is 0 Å². The second-order valence-corrected chi connectivity index (χ2v) is 4.49. The van der Waals surface area contributed by atoms with Gasteiger partial charge in [0, 0.05) is 5.56 Å². The van der Waals surface area contributed by atoms with Crippen molar-refractivity contribution in [2.45, 2.75) is 6.61 Å². The number of carboxylic acid groups (broad SMARTS) is 1. The molecule has 0 amide bonds. The molecule has 1 aromatic heterocycles. The first-order valence-corrected chi connectivity index (χ1v) is 6.17. The third-order valence-corrected chi connectivity index (χ3v) is 3.09. The quantitative estimate of drug-likeness (QED) is 0.912. The van der Waals surface area contributed by atoms with Crippen LogP contribution in [0.15, 0.2) is 39.4 Å². The minimum atomic E-state index is -1.12. The molecule has 0 saturated heterocycles. The van der Waals surface area contributed by atoms with Crippen LogP contribution in [0.1, 0.15) is 16.1 Å². The van der Waals surface area contributed by atoms with Gasteiger partial charge in [-0.2, -0.15) is 0 Å². The number of methoxy groups -OCH3 is 1. The summed E-state index contributed by atoms with van der Waals surface area (Å²) >= 11 is 3.35. The first kappa shape index (κ1) is 13.5. The molecule has 0 atom stereocenters. The van der Waals surface area contributed by atoms with Gasteiger partial charge in [-0.15, -0.1) is 0 Å². The van der Waals surface area contributed by atoms with Crippen LogP contribution in [0, 0.1) is 0 Å². The van der Waals surface area contributed by atoms with Crippen molar-refractivity contribution in [2.24, 2.45) is 0 Å². The Bertz CT molecular complexity index is 590. The van der Waals surface area contributed by atoms with E-state index in [1.807, 2.05) is 12.1 Å². The third-order valence-electron chi connectivity index (χ3n) is 2.46. The molecular weight excluding hydrogens is 316 g/mol. The normalized spacial score (nSPS) is 10.2. The Morgan fingerprint density at radius 1 is 1.42 bits per heavy atom. The highest BCUT2D eigenvalue weighted by Gasteiger charge is 2.16. The number of rotatable bonds is 5. The largest absolute Gasteiger partial charge is 0.493 e. The van der Waals surface area contributed by atoms with Gasteiger partial charge < -0.3 is 19.0 Å². The lowest BCUT2D eigenvalue weighted by atomic mass is 10.2. The summed E-state index contributed by atoms with van der Waals surface area (Å²) in [6.07, 6.45) is 1.32. The summed E-state index contributed by atoms with van der Waals surface area (Å²) in [7, 11) is 1.54. The SMILES string of the molecule is COc1cccc(Br)c1OCc1ccoc1C(=O)O. The third kappa shape index (κ3) is 2.90. The number of halogens is 1. The Morgan fingerprint density at radius 2 is 2.21 bits per heavy atom. The number of carbonyl (C=O) groups is 1. The van der Waals surface area contributed by atoms with E-state index in [4.69, 9.17) is 19.0 Å². The van der Waals surface area contributed by atoms with Crippen LogP contribution in [0.4, 0.5) is 0 Å². The molecule has 0 aliphatic rings. The number of hydrogen-bond donors (Lipinski definition) is 1. The summed E-state index contributed by atoms with van der Waals surface area (Å²) in [5.41, 5.74) is 0.463. The van der Waals surface area contributed by atoms with Gasteiger partial charge >= 0.3 is 5.97 Å². The molecule has 1 aromatic carbocycles. The molecule has 0 unspecified atom stereocenters. The van der Waals surface area contributed by atoms with Gasteiger partial charge in [-0.3, -0.25) is 0 Å². The molecule has 2 aromatic rings. The van der Waals surface area contributed by atoms with Crippen molar-refractivity contribution < 1.29 is 23.8 Å². The number of para-hydroxylation sites is 1. The van der Waals surface area contributed by atoms with Crippen molar-refractivity contribution in [1.82, 2.24) is 0 Å². The van der Waals surface area contributed by atoms with Crippen molar-refractivity contribution in [3.05, 3.63) is 46.3 Å². The fraction of sp³-hybridized carbons (Fsp3) is 0.154. The van der Waals surface area contributed by atoms with Crippen LogP contribution in [-0.4, -0.2) is 18.2 Å². The van der Waals surface area contributed by atoms with E-state index in [9.17, 15) is 4.79 Å². The van der Waals surface area contributed by atoms with E-state index in [1.54, 1.807) is 12.1 Å². The number of hydrogen-bond acceptors (Lipinski definition) is 4. The number of ether oxygens (including phenoxy) is 2. The van der Waals surface area contributed by atoms with Crippen LogP contribution in [0.2, 0.25) is 0 Å². The van der Waals surface area contributed by atoms with Crippen molar-refractivity contribution in [3.63, 3.8) is 0 Å². The van der Waals surface area contributed by atoms with Gasteiger partial charge in [-0.25, -0.2) is 4.79 Å². The molecule has 6 heteroatoms. The molecular formula is C13H11BrO5. The molecule has 2 rings (SSSR count). The zero-order chi connectivity index (χ0) is 13.8. The van der Waals surface area contributed by atoms with Crippen molar-refractivity contribution in [1.29, 1.82) is 0 Å². The van der Waals surface area contributed by atoms with E-state index in [-0.39, 0.29) is 12.4 Å². The average Bonchev–Trinajstić information content (AvgIpc) is 2.85. The Balaban J connectivity index is 2.19. The summed E-state index contributed by atoms with van der Waals surface area (Å²) in [4.78, 5) is 10.9. The Kier molecular flexibility index (Phi) is 4.11. The Labute approximate surface area is 117 Å². The number of carboxylic acids is 1. The van der Waals surface area contributed by atoms with Gasteiger partial charge in [0.15, 0.2) is 11.5 Å². The van der Waals surface area contributed by atoms with E-state index in [0.29, 0.717) is 17.1 Å². The topological polar surface area (TPSA) is 68.9 Å². The zero-order valence-electron chi connectivity index (χ0n) is 10.1. The maximum atomic E-state index is 10.9. The minimum absolute atomic E-state index is 0.0805. The molecule has 0 radical (unpaired) electrons. The molecule has 0 spiro atoms. The van der Waals surface area contributed by atoms with Gasteiger partial charge in [0.05, 0.1) is 17.8 Å². The molecule has 0 aliphatic carbocycles. The second kappa shape index (κ2) is 5.79. The van der Waals surface area contributed by atoms with E-state index in [0.717, 1.165) is 4.47 Å². The number of benzene rings is 1. The zero-order valence-corrected chi connectivity index (χ0v) is 11.6. The summed E-state index contributed by atoms with van der Waals surface area (Å²) in [5.74, 6) is -0.161. The number of furan rings is 1. The first-order valence-electron chi connectivity index (χ1n) is 5.38. The molecule has 100 valence electrons. The highest BCUT2D eigenvalue weighted by molar-refractivity contribution is 9.10. The lowest BCUT2D eigenvalue weighted by Gasteiger charge is -2.11. The molecule has 5 nitrogen and oxygen atoms in total. The fourth-order valence-electron chi connectivity index (χ4n) is 1.58. The second-order valence-electron chi connectivity index (χ2n) is 3.64. The van der Waals surface area contributed by atoms with Crippen molar-refractivity contribution in [3.8, 4) is 11.5 Å². The van der Waals surface area contributed by atoms with Gasteiger partial charge in [0.2, 0.25) is 5.76 Å². The van der Waals surface area contributed by atoms with E-state index >= 15 is 0 Å². The molecule has 0 saturated carbocycles. The van der Waals surface area contributed by atoms with Gasteiger partial charge in [-0.05, 0) is 34.1 Å². The molecule has 1 N–H and O–H groups in total. The molecule has 0 fully saturated rings. The van der Waals surface area contributed by atoms with Crippen molar-refractivity contribution >= 4 is 21.9 Å². The fourth-order valence-corrected chi connectivity index (χ4v) is 2.04. The van der Waals surface area contributed by atoms with Crippen LogP contribution < -0.4 is 9.47 Å². The molecule has 0 bridgehead atoms. The lowest BCUT2D eigenvalue weighted by Crippen LogP contribution is -2.03. The average molecular weight is 327 g/mol. The van der Waals surface area contributed by atoms with E-state index in [2.05, 4.69) is 15.9 Å². The summed E-state index contributed by atoms with van der Waals surface area (Å²) in [6.45, 7) is 0.0805. The monoisotopic (exact) mass is 326 g/mol. The van der Waals surface area contributed by atoms with Gasteiger partial charge in [0.25, 0.3) is 0 Å². The molecule has 1 heterocycles. The summed E-state index contributed by atoms with van der Waals surface area (Å²) in [6, 6.07) is 6.95. The van der Waals surface area contributed by atoms with Crippen LogP contribution in [0.5, 0.6) is 11.5 Å². The summed E-state index contributed by atoms with van der Waals surface area (Å²) < 4.78 is 16.4. The summed E-state index contributed by atoms with van der Waals surface area (Å²) in [5, 5.41) is 8.92. The van der Waals surface area contributed by atoms with Crippen LogP contribution >= 0.6 is 15.9 Å². The highest BCUT2D eigenvalue weighted by atomic mass is 79.9. The highest BCUT2D eigenvalue weighted by Crippen LogP contribution is 2.35. The maximum absolute atomic E-state index is 10.9. The smallest absolute Gasteiger partial charge is 0.372 e. The van der Waals surface area contributed by atoms with Gasteiger partial charge in [-0.1, -0.05) is 6.07 Å². The molecule has 0 aliphatic heterocycles. The Morgan fingerprint density at radius 3 is 2.89 bits per heavy atom. The van der Waals surface area contributed by atoms with Gasteiger partial charge in [0.1, 0.15) is 6.61 Å². The Hall–Kier alpha value is -1.95. The predicted molar refractivity (Wildman–Crippen MR) is 70.7 cm³/mol. The van der Waals surface area contributed by atoms with Crippen LogP contribution in [-0.2, 0) is 6.61 Å². The lowest BCUT2D eigenvalue weighted by molar-refractivity contribution is 0.0658. The van der Waals surface area contributed by atoms with E-state index < -0.39 is 5.97 Å². The first-order chi connectivity index (χ1) is 9.13. The number of aromatic carboxylic acids is 1. The van der Waals surface area contributed by atoms with Crippen LogP contribution in [0.3, 0.4) is 0 Å². The predicted octanol–water partition coefficient (Wildman–Crippen LogP) is 3.33. The standard InChI is InChI=1S/C13H11BrO5/c1-17-10-4-2-3-9(14)12(10)19-7-8-5-6-18-11(8)13(15)16/h2-6H,7H2,1H3,(H,15,16). The van der Waals surface area contributed by atoms with E-state index in [1.165, 1.54) is 13.4 Å².